The third-order valence-corrected chi connectivity index (χ3v) is 4.70. The summed E-state index contributed by atoms with van der Waals surface area (Å²) in [6.45, 7) is 2.49. The molecule has 0 fully saturated rings. The lowest BCUT2D eigenvalue weighted by Gasteiger charge is -2.34. The van der Waals surface area contributed by atoms with Gasteiger partial charge in [-0.1, -0.05) is 12.1 Å². The highest BCUT2D eigenvalue weighted by Gasteiger charge is 2.36. The summed E-state index contributed by atoms with van der Waals surface area (Å²) in [5.74, 6) is 0.0762. The Morgan fingerprint density at radius 3 is 2.48 bits per heavy atom. The maximum Gasteiger partial charge on any atom is 0.416 e. The number of hydrogen-bond acceptors (Lipinski definition) is 5. The quantitative estimate of drug-likeness (QED) is 0.681. The lowest BCUT2D eigenvalue weighted by Crippen LogP contribution is -2.51. The predicted molar refractivity (Wildman–Crippen MR) is 106 cm³/mol. The minimum atomic E-state index is -4.51. The van der Waals surface area contributed by atoms with Crippen molar-refractivity contribution in [1.29, 1.82) is 0 Å². The molecule has 0 saturated heterocycles. The molecule has 0 radical (unpaired) electrons. The third-order valence-electron chi connectivity index (χ3n) is 4.70. The van der Waals surface area contributed by atoms with Crippen LogP contribution in [0.2, 0.25) is 0 Å². The Morgan fingerprint density at radius 1 is 1.29 bits per heavy atom. The van der Waals surface area contributed by atoms with E-state index >= 15 is 0 Å². The fourth-order valence-corrected chi connectivity index (χ4v) is 3.17. The number of anilines is 2. The van der Waals surface area contributed by atoms with Crippen LogP contribution in [-0.2, 0) is 11.0 Å². The van der Waals surface area contributed by atoms with Crippen LogP contribution in [0.1, 0.15) is 31.0 Å². The molecule has 3 amide bonds. The van der Waals surface area contributed by atoms with E-state index in [0.29, 0.717) is 5.75 Å². The van der Waals surface area contributed by atoms with Crippen LogP contribution in [0.3, 0.4) is 0 Å². The molecule has 0 bridgehead atoms. The van der Waals surface area contributed by atoms with E-state index in [2.05, 4.69) is 15.6 Å². The molecule has 31 heavy (non-hydrogen) atoms. The van der Waals surface area contributed by atoms with Gasteiger partial charge in [0.1, 0.15) is 12.3 Å². The number of aliphatic hydroxyl groups is 1. The highest BCUT2D eigenvalue weighted by atomic mass is 19.4. The zero-order valence-corrected chi connectivity index (χ0v) is 16.9. The van der Waals surface area contributed by atoms with Gasteiger partial charge in [0.15, 0.2) is 5.82 Å². The van der Waals surface area contributed by atoms with Crippen molar-refractivity contribution in [3.63, 3.8) is 0 Å². The fourth-order valence-electron chi connectivity index (χ4n) is 3.17. The van der Waals surface area contributed by atoms with Crippen molar-refractivity contribution >= 4 is 23.4 Å². The molecule has 11 heteroatoms. The van der Waals surface area contributed by atoms with E-state index in [1.807, 2.05) is 0 Å². The molecule has 1 aliphatic heterocycles. The molecule has 1 aliphatic rings. The summed E-state index contributed by atoms with van der Waals surface area (Å²) in [6, 6.07) is 3.81. The Morgan fingerprint density at radius 2 is 1.94 bits per heavy atom. The second-order valence-corrected chi connectivity index (χ2v) is 7.54. The molecule has 0 aliphatic carbocycles. The molecule has 2 heterocycles. The van der Waals surface area contributed by atoms with Crippen molar-refractivity contribution in [2.75, 3.05) is 23.9 Å². The van der Waals surface area contributed by atoms with Gasteiger partial charge in [-0.15, -0.1) is 0 Å². The van der Waals surface area contributed by atoms with E-state index in [1.165, 1.54) is 45.4 Å². The van der Waals surface area contributed by atoms with Crippen LogP contribution in [0.4, 0.5) is 29.5 Å². The number of benzene rings is 1. The minimum absolute atomic E-state index is 0.166. The number of hydrogen-bond donors (Lipinski definition) is 3. The number of aromatic nitrogens is 1. The van der Waals surface area contributed by atoms with Crippen LogP contribution in [0.15, 0.2) is 36.5 Å². The van der Waals surface area contributed by atoms with Crippen LogP contribution in [-0.4, -0.2) is 41.3 Å². The number of nitrogens with one attached hydrogen (secondary N) is 2. The summed E-state index contributed by atoms with van der Waals surface area (Å²) in [7, 11) is 1.43. The molecule has 3 rings (SSSR count). The second kappa shape index (κ2) is 8.06. The highest BCUT2D eigenvalue weighted by Crippen LogP contribution is 2.33. The molecule has 1 unspecified atom stereocenters. The lowest BCUT2D eigenvalue weighted by atomic mass is 9.91. The van der Waals surface area contributed by atoms with E-state index in [4.69, 9.17) is 4.74 Å². The molecule has 166 valence electrons. The summed E-state index contributed by atoms with van der Waals surface area (Å²) in [5, 5.41) is 15.7. The molecular weight excluding hydrogens is 417 g/mol. The normalized spacial score (nSPS) is 15.1. The van der Waals surface area contributed by atoms with Gasteiger partial charge in [0.2, 0.25) is 5.91 Å². The van der Waals surface area contributed by atoms with Gasteiger partial charge >= 0.3 is 12.2 Å². The molecule has 0 spiro atoms. The van der Waals surface area contributed by atoms with Gasteiger partial charge in [0.25, 0.3) is 0 Å². The Bertz CT molecular complexity index is 987. The number of halogens is 3. The first-order chi connectivity index (χ1) is 14.4. The van der Waals surface area contributed by atoms with Crippen LogP contribution >= 0.6 is 0 Å². The van der Waals surface area contributed by atoms with Gasteiger partial charge in [0, 0.05) is 6.07 Å². The average Bonchev–Trinajstić information content (AvgIpc) is 2.69. The maximum atomic E-state index is 13.0. The Hall–Kier alpha value is -3.34. The SMILES string of the molecule is COc1cnc2c(c1)NC(=O)CN2C(=O)NC(c1ccc(C(F)(F)F)cc1)C(C)(C)O. The molecule has 1 aromatic carbocycles. The van der Waals surface area contributed by atoms with Gasteiger partial charge in [-0.2, -0.15) is 13.2 Å². The fraction of sp³-hybridized carbons (Fsp3) is 0.350. The third kappa shape index (κ3) is 4.88. The number of rotatable bonds is 4. The monoisotopic (exact) mass is 438 g/mol. The van der Waals surface area contributed by atoms with Crippen molar-refractivity contribution in [2.45, 2.75) is 31.7 Å². The zero-order chi connectivity index (χ0) is 23.0. The van der Waals surface area contributed by atoms with Crippen molar-refractivity contribution in [1.82, 2.24) is 10.3 Å². The second-order valence-electron chi connectivity index (χ2n) is 7.54. The number of urea groups is 1. The first-order valence-corrected chi connectivity index (χ1v) is 9.21. The summed E-state index contributed by atoms with van der Waals surface area (Å²) in [4.78, 5) is 30.3. The van der Waals surface area contributed by atoms with Crippen LogP contribution in [0.5, 0.6) is 5.75 Å². The van der Waals surface area contributed by atoms with Crippen molar-refractivity contribution in [3.8, 4) is 5.75 Å². The first kappa shape index (κ1) is 22.3. The predicted octanol–water partition coefficient (Wildman–Crippen LogP) is 3.09. The average molecular weight is 438 g/mol. The van der Waals surface area contributed by atoms with E-state index < -0.39 is 35.3 Å². The van der Waals surface area contributed by atoms with Crippen LogP contribution < -0.4 is 20.3 Å². The number of ether oxygens (including phenoxy) is 1. The van der Waals surface area contributed by atoms with E-state index in [9.17, 15) is 27.9 Å². The summed E-state index contributed by atoms with van der Waals surface area (Å²) < 4.78 is 43.6. The number of fused-ring (bicyclic) bond motifs is 1. The van der Waals surface area contributed by atoms with Crippen LogP contribution in [0, 0.1) is 0 Å². The van der Waals surface area contributed by atoms with Crippen molar-refractivity contribution in [2.24, 2.45) is 0 Å². The standard InChI is InChI=1S/C20H21F3N4O4/c1-19(2,30)16(11-4-6-12(7-5-11)20(21,22)23)26-18(29)27-10-15(28)25-14-8-13(31-3)9-24-17(14)27/h4-9,16,30H,10H2,1-3H3,(H,25,28)(H,26,29). The van der Waals surface area contributed by atoms with E-state index in [-0.39, 0.29) is 23.6 Å². The minimum Gasteiger partial charge on any atom is -0.495 e. The van der Waals surface area contributed by atoms with Crippen molar-refractivity contribution in [3.05, 3.63) is 47.7 Å². The maximum absolute atomic E-state index is 13.0. The molecule has 1 atom stereocenters. The number of carbonyl (C=O) groups is 2. The number of carbonyl (C=O) groups excluding carboxylic acids is 2. The lowest BCUT2D eigenvalue weighted by molar-refractivity contribution is -0.137. The Kier molecular flexibility index (Phi) is 5.81. The first-order valence-electron chi connectivity index (χ1n) is 9.21. The summed E-state index contributed by atoms with van der Waals surface area (Å²) >= 11 is 0. The highest BCUT2D eigenvalue weighted by molar-refractivity contribution is 6.08. The van der Waals surface area contributed by atoms with E-state index in [0.717, 1.165) is 17.0 Å². The van der Waals surface area contributed by atoms with E-state index in [1.54, 1.807) is 0 Å². The molecule has 0 saturated carbocycles. The van der Waals surface area contributed by atoms with Crippen molar-refractivity contribution < 1.29 is 32.6 Å². The zero-order valence-electron chi connectivity index (χ0n) is 16.9. The molecular formula is C20H21F3N4O4. The topological polar surface area (TPSA) is 104 Å². The van der Waals surface area contributed by atoms with Gasteiger partial charge in [-0.25, -0.2) is 9.78 Å². The number of amides is 3. The number of methoxy groups -OCH3 is 1. The smallest absolute Gasteiger partial charge is 0.416 e. The number of alkyl halides is 3. The van der Waals surface area contributed by atoms with Gasteiger partial charge < -0.3 is 20.5 Å². The Labute approximate surface area is 176 Å². The molecule has 8 nitrogen and oxygen atoms in total. The number of pyridine rings is 1. The molecule has 3 N–H and O–H groups in total. The Balaban J connectivity index is 1.90. The van der Waals surface area contributed by atoms with Gasteiger partial charge in [-0.3, -0.25) is 9.69 Å². The summed E-state index contributed by atoms with van der Waals surface area (Å²) in [5.41, 5.74) is -1.85. The summed E-state index contributed by atoms with van der Waals surface area (Å²) in [6.07, 6.45) is -3.14. The largest absolute Gasteiger partial charge is 0.495 e. The molecule has 2 aromatic rings. The molecule has 1 aromatic heterocycles. The number of nitrogens with zero attached hydrogens (tertiary/aromatic N) is 2. The van der Waals surface area contributed by atoms with Gasteiger partial charge in [-0.05, 0) is 31.5 Å². The van der Waals surface area contributed by atoms with Gasteiger partial charge in [0.05, 0.1) is 36.2 Å². The van der Waals surface area contributed by atoms with Crippen LogP contribution in [0.25, 0.3) is 0 Å².